The Morgan fingerprint density at radius 1 is 0.814 bits per heavy atom. The van der Waals surface area contributed by atoms with E-state index >= 15 is 0 Å². The number of aryl methyl sites for hydroxylation is 1. The molecule has 2 amide bonds. The molecule has 4 aromatic rings. The quantitative estimate of drug-likeness (QED) is 0.211. The normalized spacial score (nSPS) is 12.0. The van der Waals surface area contributed by atoms with Crippen LogP contribution in [0.1, 0.15) is 30.5 Å². The molecule has 0 spiro atoms. The van der Waals surface area contributed by atoms with Crippen molar-refractivity contribution < 1.29 is 18.0 Å². The summed E-state index contributed by atoms with van der Waals surface area (Å²) in [6.45, 7) is 5.27. The van der Waals surface area contributed by atoms with E-state index in [1.54, 1.807) is 42.5 Å². The maximum absolute atomic E-state index is 14.4. The zero-order valence-electron chi connectivity index (χ0n) is 24.5. The third-order valence-electron chi connectivity index (χ3n) is 6.86. The van der Waals surface area contributed by atoms with Crippen molar-refractivity contribution in [2.24, 2.45) is 0 Å². The highest BCUT2D eigenvalue weighted by Crippen LogP contribution is 2.26. The molecule has 0 aliphatic carbocycles. The number of nitrogens with zero attached hydrogens (tertiary/aromatic N) is 2. The highest BCUT2D eigenvalue weighted by atomic mass is 35.5. The maximum Gasteiger partial charge on any atom is 0.264 e. The van der Waals surface area contributed by atoms with Crippen LogP contribution in [-0.2, 0) is 32.6 Å². The van der Waals surface area contributed by atoms with Crippen molar-refractivity contribution in [1.82, 2.24) is 10.2 Å². The number of halogens is 1. The smallest absolute Gasteiger partial charge is 0.264 e. The zero-order valence-corrected chi connectivity index (χ0v) is 26.1. The molecular formula is C34H36ClN3O4S. The zero-order chi connectivity index (χ0) is 31.0. The fourth-order valence-corrected chi connectivity index (χ4v) is 6.36. The molecule has 224 valence electrons. The molecule has 0 aliphatic rings. The van der Waals surface area contributed by atoms with Gasteiger partial charge in [-0.05, 0) is 68.3 Å². The summed E-state index contributed by atoms with van der Waals surface area (Å²) in [5.74, 6) is -0.834. The van der Waals surface area contributed by atoms with Gasteiger partial charge in [0.25, 0.3) is 10.0 Å². The average Bonchev–Trinajstić information content (AvgIpc) is 2.98. The van der Waals surface area contributed by atoms with E-state index in [1.807, 2.05) is 75.4 Å². The standard InChI is InChI=1S/C34H36ClN3O4S/c1-25(2)36-34(40)32(22-27-12-6-4-7-13-27)37(23-28-14-10-11-26(3)21-28)33(39)24-38(30-19-17-29(35)18-20-30)43(41,42)31-15-8-5-9-16-31/h4-21,25,32H,22-24H2,1-3H3,(H,36,40)/t32-/m0/s1. The predicted octanol–water partition coefficient (Wildman–Crippen LogP) is 6.01. The van der Waals surface area contributed by atoms with Crippen LogP contribution in [0.4, 0.5) is 5.69 Å². The molecule has 4 rings (SSSR count). The monoisotopic (exact) mass is 617 g/mol. The molecular weight excluding hydrogens is 582 g/mol. The second kappa shape index (κ2) is 14.4. The van der Waals surface area contributed by atoms with E-state index in [0.29, 0.717) is 5.02 Å². The average molecular weight is 618 g/mol. The molecule has 43 heavy (non-hydrogen) atoms. The molecule has 9 heteroatoms. The molecule has 0 saturated carbocycles. The van der Waals surface area contributed by atoms with E-state index in [4.69, 9.17) is 11.6 Å². The van der Waals surface area contributed by atoms with Crippen molar-refractivity contribution in [3.05, 3.63) is 131 Å². The van der Waals surface area contributed by atoms with Gasteiger partial charge in [0.15, 0.2) is 0 Å². The minimum atomic E-state index is -4.16. The molecule has 0 saturated heterocycles. The van der Waals surface area contributed by atoms with E-state index in [2.05, 4.69) is 5.32 Å². The first-order valence-electron chi connectivity index (χ1n) is 14.1. The number of hydrogen-bond acceptors (Lipinski definition) is 4. The number of carbonyl (C=O) groups is 2. The fraction of sp³-hybridized carbons (Fsp3) is 0.235. The Labute approximate surface area is 259 Å². The largest absolute Gasteiger partial charge is 0.352 e. The number of nitrogens with one attached hydrogen (secondary N) is 1. The molecule has 0 heterocycles. The lowest BCUT2D eigenvalue weighted by molar-refractivity contribution is -0.140. The molecule has 4 aromatic carbocycles. The third-order valence-corrected chi connectivity index (χ3v) is 8.90. The van der Waals surface area contributed by atoms with E-state index in [0.717, 1.165) is 21.0 Å². The van der Waals surface area contributed by atoms with Gasteiger partial charge in [0, 0.05) is 24.0 Å². The lowest BCUT2D eigenvalue weighted by atomic mass is 10.0. The van der Waals surface area contributed by atoms with Crippen LogP contribution in [0.5, 0.6) is 0 Å². The van der Waals surface area contributed by atoms with Gasteiger partial charge in [-0.25, -0.2) is 8.42 Å². The molecule has 0 radical (unpaired) electrons. The maximum atomic E-state index is 14.4. The van der Waals surface area contributed by atoms with Crippen molar-refractivity contribution in [2.45, 2.75) is 50.7 Å². The van der Waals surface area contributed by atoms with Crippen LogP contribution in [0.25, 0.3) is 0 Å². The van der Waals surface area contributed by atoms with Crippen LogP contribution < -0.4 is 9.62 Å². The molecule has 0 unspecified atom stereocenters. The van der Waals surface area contributed by atoms with Crippen LogP contribution in [0.2, 0.25) is 5.02 Å². The summed E-state index contributed by atoms with van der Waals surface area (Å²) in [6.07, 6.45) is 0.253. The summed E-state index contributed by atoms with van der Waals surface area (Å²) in [7, 11) is -4.16. The van der Waals surface area contributed by atoms with Crippen molar-refractivity contribution in [3.8, 4) is 0 Å². The summed E-state index contributed by atoms with van der Waals surface area (Å²) < 4.78 is 29.0. The minimum absolute atomic E-state index is 0.0429. The Morgan fingerprint density at radius 2 is 1.42 bits per heavy atom. The Bertz CT molecular complexity index is 1630. The summed E-state index contributed by atoms with van der Waals surface area (Å²) in [5, 5.41) is 3.40. The van der Waals surface area contributed by atoms with Crippen LogP contribution >= 0.6 is 11.6 Å². The molecule has 1 atom stereocenters. The van der Waals surface area contributed by atoms with Gasteiger partial charge in [-0.3, -0.25) is 13.9 Å². The van der Waals surface area contributed by atoms with Gasteiger partial charge in [0.2, 0.25) is 11.8 Å². The highest BCUT2D eigenvalue weighted by molar-refractivity contribution is 7.92. The second-order valence-corrected chi connectivity index (χ2v) is 13.0. The van der Waals surface area contributed by atoms with Crippen LogP contribution in [0.15, 0.2) is 114 Å². The molecule has 1 N–H and O–H groups in total. The van der Waals surface area contributed by atoms with Gasteiger partial charge in [-0.1, -0.05) is 90.0 Å². The van der Waals surface area contributed by atoms with Gasteiger partial charge in [-0.2, -0.15) is 0 Å². The third kappa shape index (κ3) is 8.46. The number of rotatable bonds is 12. The van der Waals surface area contributed by atoms with E-state index < -0.39 is 28.5 Å². The van der Waals surface area contributed by atoms with Gasteiger partial charge in [0.1, 0.15) is 12.6 Å². The van der Waals surface area contributed by atoms with E-state index in [1.165, 1.54) is 17.0 Å². The fourth-order valence-electron chi connectivity index (χ4n) is 4.80. The van der Waals surface area contributed by atoms with E-state index in [-0.39, 0.29) is 35.5 Å². The lowest BCUT2D eigenvalue weighted by Crippen LogP contribution is -2.54. The summed E-state index contributed by atoms with van der Waals surface area (Å²) in [4.78, 5) is 29.6. The van der Waals surface area contributed by atoms with Gasteiger partial charge < -0.3 is 10.2 Å². The molecule has 7 nitrogen and oxygen atoms in total. The van der Waals surface area contributed by atoms with Gasteiger partial charge in [-0.15, -0.1) is 0 Å². The number of anilines is 1. The van der Waals surface area contributed by atoms with Crippen LogP contribution in [0, 0.1) is 6.92 Å². The topological polar surface area (TPSA) is 86.8 Å². The molecule has 0 aliphatic heterocycles. The first kappa shape index (κ1) is 31.8. The van der Waals surface area contributed by atoms with Crippen molar-refractivity contribution in [2.75, 3.05) is 10.8 Å². The minimum Gasteiger partial charge on any atom is -0.352 e. The number of benzene rings is 4. The second-order valence-electron chi connectivity index (χ2n) is 10.7. The van der Waals surface area contributed by atoms with Gasteiger partial charge >= 0.3 is 0 Å². The summed E-state index contributed by atoms with van der Waals surface area (Å²) in [6, 6.07) is 30.4. The molecule has 0 aromatic heterocycles. The Morgan fingerprint density at radius 3 is 2.02 bits per heavy atom. The Balaban J connectivity index is 1.79. The first-order valence-corrected chi connectivity index (χ1v) is 15.9. The van der Waals surface area contributed by atoms with Crippen molar-refractivity contribution >= 4 is 39.1 Å². The molecule has 0 fully saturated rings. The SMILES string of the molecule is Cc1cccc(CN(C(=O)CN(c2ccc(Cl)cc2)S(=O)(=O)c2ccccc2)[C@@H](Cc2ccccc2)C(=O)NC(C)C)c1. The van der Waals surface area contributed by atoms with Crippen molar-refractivity contribution in [1.29, 1.82) is 0 Å². The Kier molecular flexibility index (Phi) is 10.6. The van der Waals surface area contributed by atoms with Crippen molar-refractivity contribution in [3.63, 3.8) is 0 Å². The number of sulfonamides is 1. The summed E-state index contributed by atoms with van der Waals surface area (Å²) >= 11 is 6.11. The summed E-state index contributed by atoms with van der Waals surface area (Å²) in [5.41, 5.74) is 2.99. The lowest BCUT2D eigenvalue weighted by Gasteiger charge is -2.34. The number of hydrogen-bond donors (Lipinski definition) is 1. The highest BCUT2D eigenvalue weighted by Gasteiger charge is 2.34. The number of amides is 2. The van der Waals surface area contributed by atoms with Crippen LogP contribution in [-0.4, -0.2) is 43.8 Å². The Hall–Kier alpha value is -4.14. The predicted molar refractivity (Wildman–Crippen MR) is 171 cm³/mol. The van der Waals surface area contributed by atoms with Gasteiger partial charge in [0.05, 0.1) is 10.6 Å². The van der Waals surface area contributed by atoms with E-state index in [9.17, 15) is 18.0 Å². The molecule has 0 bridgehead atoms. The van der Waals surface area contributed by atoms with Crippen LogP contribution in [0.3, 0.4) is 0 Å². The first-order chi connectivity index (χ1) is 20.5. The number of carbonyl (C=O) groups excluding carboxylic acids is 2.